The maximum Gasteiger partial charge on any atom is 0.0158 e. The highest BCUT2D eigenvalue weighted by Crippen LogP contribution is 2.50. The SMILES string of the molecule is Cc1cccc2c1Cc1c(-c3ccc4c(c3)-c3ccccc3C4(C)C)cccc1-2. The second kappa shape index (κ2) is 5.70. The Morgan fingerprint density at radius 2 is 1.24 bits per heavy atom. The molecule has 0 radical (unpaired) electrons. The standard InChI is InChI=1S/C29H24/c1-18-8-6-11-21-22-12-7-10-20(25(22)17-24(18)21)19-14-15-28-26(16-19)23-9-4-5-13-27(23)29(28,2)3/h4-16H,17H2,1-3H3. The van der Waals surface area contributed by atoms with Crippen molar-refractivity contribution in [3.63, 3.8) is 0 Å². The number of hydrogen-bond acceptors (Lipinski definition) is 0. The third kappa shape index (κ3) is 2.20. The smallest absolute Gasteiger partial charge is 0.0158 e. The van der Waals surface area contributed by atoms with E-state index in [-0.39, 0.29) is 5.41 Å². The van der Waals surface area contributed by atoms with E-state index < -0.39 is 0 Å². The summed E-state index contributed by atoms with van der Waals surface area (Å²) in [4.78, 5) is 0. The lowest BCUT2D eigenvalue weighted by Gasteiger charge is -2.21. The Morgan fingerprint density at radius 1 is 0.586 bits per heavy atom. The van der Waals surface area contributed by atoms with E-state index in [9.17, 15) is 0 Å². The molecular weight excluding hydrogens is 348 g/mol. The van der Waals surface area contributed by atoms with Gasteiger partial charge in [-0.15, -0.1) is 0 Å². The van der Waals surface area contributed by atoms with Gasteiger partial charge in [0.2, 0.25) is 0 Å². The fourth-order valence-electron chi connectivity index (χ4n) is 5.55. The number of aryl methyl sites for hydroxylation is 1. The average molecular weight is 373 g/mol. The van der Waals surface area contributed by atoms with Crippen molar-refractivity contribution in [3.05, 3.63) is 107 Å². The van der Waals surface area contributed by atoms with Gasteiger partial charge in [-0.25, -0.2) is 0 Å². The van der Waals surface area contributed by atoms with Crippen LogP contribution in [0.5, 0.6) is 0 Å². The van der Waals surface area contributed by atoms with Crippen molar-refractivity contribution in [2.24, 2.45) is 0 Å². The molecule has 2 aliphatic rings. The van der Waals surface area contributed by atoms with E-state index in [2.05, 4.69) is 99.6 Å². The lowest BCUT2D eigenvalue weighted by molar-refractivity contribution is 0.660. The molecule has 140 valence electrons. The maximum atomic E-state index is 2.42. The Bertz CT molecular complexity index is 1300. The summed E-state index contributed by atoms with van der Waals surface area (Å²) < 4.78 is 0. The quantitative estimate of drug-likeness (QED) is 0.285. The molecule has 0 fully saturated rings. The molecule has 4 aromatic carbocycles. The summed E-state index contributed by atoms with van der Waals surface area (Å²) in [6, 6.07) is 29.5. The third-order valence-corrected chi connectivity index (χ3v) is 7.12. The fourth-order valence-corrected chi connectivity index (χ4v) is 5.55. The van der Waals surface area contributed by atoms with Crippen LogP contribution in [0.1, 0.15) is 41.7 Å². The highest BCUT2D eigenvalue weighted by atomic mass is 14.4. The van der Waals surface area contributed by atoms with Crippen molar-refractivity contribution in [3.8, 4) is 33.4 Å². The Morgan fingerprint density at radius 3 is 2.10 bits per heavy atom. The molecule has 0 heterocycles. The van der Waals surface area contributed by atoms with Gasteiger partial charge in [0.25, 0.3) is 0 Å². The van der Waals surface area contributed by atoms with Crippen LogP contribution < -0.4 is 0 Å². The summed E-state index contributed by atoms with van der Waals surface area (Å²) in [5.41, 5.74) is 15.6. The number of benzene rings is 4. The molecule has 0 saturated heterocycles. The first-order chi connectivity index (χ1) is 14.1. The summed E-state index contributed by atoms with van der Waals surface area (Å²) in [5, 5.41) is 0. The van der Waals surface area contributed by atoms with Crippen LogP contribution in [0.15, 0.2) is 78.9 Å². The van der Waals surface area contributed by atoms with Gasteiger partial charge in [-0.2, -0.15) is 0 Å². The van der Waals surface area contributed by atoms with E-state index in [0.29, 0.717) is 0 Å². The molecule has 0 unspecified atom stereocenters. The number of fused-ring (bicyclic) bond motifs is 6. The second-order valence-electron chi connectivity index (χ2n) is 9.04. The molecule has 0 aromatic heterocycles. The molecule has 0 heteroatoms. The van der Waals surface area contributed by atoms with Crippen molar-refractivity contribution in [1.82, 2.24) is 0 Å². The average Bonchev–Trinajstić information content (AvgIpc) is 3.23. The van der Waals surface area contributed by atoms with Crippen LogP contribution in [0.25, 0.3) is 33.4 Å². The van der Waals surface area contributed by atoms with Gasteiger partial charge in [-0.1, -0.05) is 86.6 Å². The molecule has 2 aliphatic carbocycles. The van der Waals surface area contributed by atoms with Crippen LogP contribution in [-0.2, 0) is 11.8 Å². The van der Waals surface area contributed by atoms with Gasteiger partial charge < -0.3 is 0 Å². The topological polar surface area (TPSA) is 0 Å². The van der Waals surface area contributed by atoms with Crippen molar-refractivity contribution >= 4 is 0 Å². The van der Waals surface area contributed by atoms with Crippen LogP contribution in [0.4, 0.5) is 0 Å². The van der Waals surface area contributed by atoms with Gasteiger partial charge in [0.1, 0.15) is 0 Å². The molecule has 0 amide bonds. The summed E-state index contributed by atoms with van der Waals surface area (Å²) in [7, 11) is 0. The van der Waals surface area contributed by atoms with E-state index in [0.717, 1.165) is 6.42 Å². The largest absolute Gasteiger partial charge is 0.0619 e. The monoisotopic (exact) mass is 372 g/mol. The van der Waals surface area contributed by atoms with Crippen LogP contribution in [0.2, 0.25) is 0 Å². The van der Waals surface area contributed by atoms with Gasteiger partial charge >= 0.3 is 0 Å². The lowest BCUT2D eigenvalue weighted by atomic mass is 9.82. The Labute approximate surface area is 172 Å². The van der Waals surface area contributed by atoms with Gasteiger partial charge in [0.15, 0.2) is 0 Å². The molecular formula is C29H24. The van der Waals surface area contributed by atoms with Crippen molar-refractivity contribution in [2.45, 2.75) is 32.6 Å². The molecule has 0 spiro atoms. The minimum absolute atomic E-state index is 0.0659. The van der Waals surface area contributed by atoms with E-state index in [4.69, 9.17) is 0 Å². The first-order valence-corrected chi connectivity index (χ1v) is 10.5. The molecule has 6 rings (SSSR count). The summed E-state index contributed by atoms with van der Waals surface area (Å²) in [6.45, 7) is 6.92. The Hall–Kier alpha value is -3.12. The summed E-state index contributed by atoms with van der Waals surface area (Å²) >= 11 is 0. The van der Waals surface area contributed by atoms with Gasteiger partial charge in [0, 0.05) is 5.41 Å². The summed E-state index contributed by atoms with van der Waals surface area (Å²) in [6.07, 6.45) is 1.03. The lowest BCUT2D eigenvalue weighted by Crippen LogP contribution is -2.14. The van der Waals surface area contributed by atoms with Crippen molar-refractivity contribution < 1.29 is 0 Å². The molecule has 29 heavy (non-hydrogen) atoms. The van der Waals surface area contributed by atoms with Gasteiger partial charge in [-0.3, -0.25) is 0 Å². The second-order valence-corrected chi connectivity index (χ2v) is 9.04. The van der Waals surface area contributed by atoms with Crippen LogP contribution in [0.3, 0.4) is 0 Å². The van der Waals surface area contributed by atoms with Crippen molar-refractivity contribution in [2.75, 3.05) is 0 Å². The first kappa shape index (κ1) is 16.8. The van der Waals surface area contributed by atoms with Gasteiger partial charge in [0.05, 0.1) is 0 Å². The fraction of sp³-hybridized carbons (Fsp3) is 0.172. The predicted molar refractivity (Wildman–Crippen MR) is 122 cm³/mol. The predicted octanol–water partition coefficient (Wildman–Crippen LogP) is 7.54. The first-order valence-electron chi connectivity index (χ1n) is 10.5. The van der Waals surface area contributed by atoms with Gasteiger partial charge in [-0.05, 0) is 80.6 Å². The Kier molecular flexibility index (Phi) is 3.30. The molecule has 0 atom stereocenters. The molecule has 4 aromatic rings. The molecule has 0 bridgehead atoms. The number of rotatable bonds is 1. The Balaban J connectivity index is 1.55. The van der Waals surface area contributed by atoms with Crippen molar-refractivity contribution in [1.29, 1.82) is 0 Å². The molecule has 0 nitrogen and oxygen atoms in total. The molecule has 0 saturated carbocycles. The normalized spacial score (nSPS) is 14.9. The van der Waals surface area contributed by atoms with E-state index in [1.165, 1.54) is 61.2 Å². The van der Waals surface area contributed by atoms with E-state index in [1.807, 2.05) is 0 Å². The van der Waals surface area contributed by atoms with Crippen LogP contribution in [-0.4, -0.2) is 0 Å². The molecule has 0 N–H and O–H groups in total. The van der Waals surface area contributed by atoms with E-state index in [1.54, 1.807) is 0 Å². The maximum absolute atomic E-state index is 2.42. The van der Waals surface area contributed by atoms with Crippen LogP contribution in [0, 0.1) is 6.92 Å². The zero-order valence-electron chi connectivity index (χ0n) is 17.2. The van der Waals surface area contributed by atoms with E-state index >= 15 is 0 Å². The zero-order valence-corrected chi connectivity index (χ0v) is 17.2. The summed E-state index contributed by atoms with van der Waals surface area (Å²) in [5.74, 6) is 0. The van der Waals surface area contributed by atoms with Crippen LogP contribution >= 0.6 is 0 Å². The molecule has 0 aliphatic heterocycles. The minimum Gasteiger partial charge on any atom is -0.0619 e. The minimum atomic E-state index is 0.0659. The number of hydrogen-bond donors (Lipinski definition) is 0. The third-order valence-electron chi connectivity index (χ3n) is 7.12. The highest BCUT2D eigenvalue weighted by Gasteiger charge is 2.35. The zero-order chi connectivity index (χ0) is 19.8. The highest BCUT2D eigenvalue weighted by molar-refractivity contribution is 5.89.